The fourth-order valence-electron chi connectivity index (χ4n) is 4.74. The summed E-state index contributed by atoms with van der Waals surface area (Å²) >= 11 is 0. The lowest BCUT2D eigenvalue weighted by Gasteiger charge is -2.39. The number of halogens is 2. The van der Waals surface area contributed by atoms with E-state index in [1.165, 1.54) is 0 Å². The van der Waals surface area contributed by atoms with Gasteiger partial charge in [0.25, 0.3) is 5.91 Å². The predicted octanol–water partition coefficient (Wildman–Crippen LogP) is 2.41. The van der Waals surface area contributed by atoms with E-state index in [1.807, 2.05) is 4.90 Å². The number of rotatable bonds is 7. The normalized spacial score (nSPS) is 21.7. The first kappa shape index (κ1) is 24.1. The fraction of sp³-hybridized carbons (Fsp3) is 0.480. The maximum absolute atomic E-state index is 13.1. The van der Waals surface area contributed by atoms with E-state index in [0.717, 1.165) is 0 Å². The highest BCUT2D eigenvalue weighted by atomic mass is 19.3. The van der Waals surface area contributed by atoms with Crippen molar-refractivity contribution >= 4 is 29.2 Å². The molecule has 0 radical (unpaired) electrons. The Hall–Kier alpha value is -3.63. The van der Waals surface area contributed by atoms with Gasteiger partial charge in [-0.1, -0.05) is 0 Å². The Labute approximate surface area is 207 Å². The number of carbonyl (C=O) groups is 3. The molecule has 2 amide bonds. The molecule has 3 aliphatic rings. The summed E-state index contributed by atoms with van der Waals surface area (Å²) < 4.78 is 32.0. The summed E-state index contributed by atoms with van der Waals surface area (Å²) in [6, 6.07) is 6.26. The standard InChI is InChI=1S/C25H27F2N5O4/c1-30(2)22(34)17-13-31(14-17)24-28-11-18(12-29-24)32-8-7-20(23(32)35)36-19-5-3-15(4-6-19)21(33)16-9-25(26,27)10-16/h3-6,11-12,16-17,20H,7-10,13-14H2,1-2H3/t20-/m1/s1. The van der Waals surface area contributed by atoms with Gasteiger partial charge in [-0.15, -0.1) is 0 Å². The van der Waals surface area contributed by atoms with Crippen LogP contribution >= 0.6 is 0 Å². The van der Waals surface area contributed by atoms with Gasteiger partial charge in [-0.2, -0.15) is 0 Å². The van der Waals surface area contributed by atoms with Gasteiger partial charge in [0.2, 0.25) is 17.8 Å². The molecule has 0 spiro atoms. The van der Waals surface area contributed by atoms with Gasteiger partial charge in [0.15, 0.2) is 11.9 Å². The van der Waals surface area contributed by atoms with Gasteiger partial charge in [-0.3, -0.25) is 14.4 Å². The van der Waals surface area contributed by atoms with E-state index in [4.69, 9.17) is 4.74 Å². The molecule has 1 aromatic heterocycles. The molecule has 5 rings (SSSR count). The quantitative estimate of drug-likeness (QED) is 0.540. The molecule has 9 nitrogen and oxygen atoms in total. The molecule has 3 fully saturated rings. The average molecular weight is 500 g/mol. The van der Waals surface area contributed by atoms with E-state index in [-0.39, 0.29) is 23.5 Å². The predicted molar refractivity (Wildman–Crippen MR) is 126 cm³/mol. The van der Waals surface area contributed by atoms with Crippen molar-refractivity contribution in [3.05, 3.63) is 42.2 Å². The van der Waals surface area contributed by atoms with Gasteiger partial charge < -0.3 is 19.4 Å². The van der Waals surface area contributed by atoms with Crippen molar-refractivity contribution in [1.82, 2.24) is 14.9 Å². The van der Waals surface area contributed by atoms with Gasteiger partial charge in [0.1, 0.15) is 5.75 Å². The van der Waals surface area contributed by atoms with Crippen molar-refractivity contribution in [2.24, 2.45) is 11.8 Å². The molecule has 0 unspecified atom stereocenters. The molecule has 2 aliphatic heterocycles. The third-order valence-corrected chi connectivity index (χ3v) is 6.93. The largest absolute Gasteiger partial charge is 0.481 e. The number of Topliss-reactive ketones (excluding diaryl/α,β-unsaturated/α-hetero) is 1. The van der Waals surface area contributed by atoms with Crippen LogP contribution in [0.15, 0.2) is 36.7 Å². The molecule has 0 bridgehead atoms. The second-order valence-corrected chi connectivity index (χ2v) is 9.81. The van der Waals surface area contributed by atoms with Crippen molar-refractivity contribution in [1.29, 1.82) is 0 Å². The number of benzene rings is 1. The topological polar surface area (TPSA) is 95.9 Å². The number of alkyl halides is 2. The molecule has 1 saturated carbocycles. The van der Waals surface area contributed by atoms with Gasteiger partial charge in [-0.05, 0) is 24.3 Å². The number of ether oxygens (including phenoxy) is 1. The van der Waals surface area contributed by atoms with Gasteiger partial charge >= 0.3 is 0 Å². The summed E-state index contributed by atoms with van der Waals surface area (Å²) in [4.78, 5) is 51.0. The summed E-state index contributed by atoms with van der Waals surface area (Å²) in [5, 5.41) is 0. The Kier molecular flexibility index (Phi) is 6.09. The number of anilines is 2. The zero-order valence-electron chi connectivity index (χ0n) is 20.1. The molecule has 0 N–H and O–H groups in total. The average Bonchev–Trinajstić information content (AvgIpc) is 3.16. The summed E-state index contributed by atoms with van der Waals surface area (Å²) in [5.74, 6) is -2.93. The lowest BCUT2D eigenvalue weighted by molar-refractivity contribution is -0.133. The summed E-state index contributed by atoms with van der Waals surface area (Å²) in [6.45, 7) is 1.57. The molecule has 11 heteroatoms. The third kappa shape index (κ3) is 4.61. The molecule has 2 aromatic rings. The number of nitrogens with zero attached hydrogens (tertiary/aromatic N) is 5. The zero-order chi connectivity index (χ0) is 25.6. The van der Waals surface area contributed by atoms with E-state index >= 15 is 0 Å². The van der Waals surface area contributed by atoms with Crippen molar-refractivity contribution in [3.8, 4) is 5.75 Å². The van der Waals surface area contributed by atoms with Crippen LogP contribution in [0.4, 0.5) is 20.4 Å². The summed E-state index contributed by atoms with van der Waals surface area (Å²) in [5.41, 5.74) is 0.925. The third-order valence-electron chi connectivity index (χ3n) is 6.93. The second kappa shape index (κ2) is 9.11. The second-order valence-electron chi connectivity index (χ2n) is 9.81. The Balaban J connectivity index is 1.14. The van der Waals surface area contributed by atoms with Gasteiger partial charge in [0, 0.05) is 64.5 Å². The summed E-state index contributed by atoms with van der Waals surface area (Å²) in [6.07, 6.45) is 2.15. The molecule has 190 valence electrons. The number of carbonyl (C=O) groups excluding carboxylic acids is 3. The number of hydrogen-bond acceptors (Lipinski definition) is 7. The minimum absolute atomic E-state index is 0.0588. The highest BCUT2D eigenvalue weighted by molar-refractivity contribution is 5.99. The molecule has 3 heterocycles. The van der Waals surface area contributed by atoms with Crippen LogP contribution in [0.2, 0.25) is 0 Å². The Bertz CT molecular complexity index is 1160. The molecule has 36 heavy (non-hydrogen) atoms. The lowest BCUT2D eigenvalue weighted by atomic mass is 9.77. The number of ketones is 1. The lowest BCUT2D eigenvalue weighted by Crippen LogP contribution is -2.54. The van der Waals surface area contributed by atoms with Crippen molar-refractivity contribution in [2.75, 3.05) is 43.5 Å². The first-order valence-electron chi connectivity index (χ1n) is 11.9. The SMILES string of the molecule is CN(C)C(=O)C1CN(c2ncc(N3CC[C@@H](Oc4ccc(C(=O)C5CC(F)(F)C5)cc4)C3=O)cn2)C1. The van der Waals surface area contributed by atoms with Crippen LogP contribution in [-0.2, 0) is 9.59 Å². The smallest absolute Gasteiger partial charge is 0.268 e. The molecule has 2 saturated heterocycles. The van der Waals surface area contributed by atoms with Gasteiger partial charge in [0.05, 0.1) is 24.0 Å². The van der Waals surface area contributed by atoms with Gasteiger partial charge in [-0.25, -0.2) is 18.7 Å². The van der Waals surface area contributed by atoms with E-state index in [2.05, 4.69) is 9.97 Å². The van der Waals surface area contributed by atoms with Crippen LogP contribution in [-0.4, -0.2) is 78.2 Å². The maximum Gasteiger partial charge on any atom is 0.268 e. The minimum Gasteiger partial charge on any atom is -0.481 e. The number of amides is 2. The Morgan fingerprint density at radius 3 is 2.28 bits per heavy atom. The monoisotopic (exact) mass is 499 g/mol. The molecule has 1 atom stereocenters. The molecule has 1 aliphatic carbocycles. The van der Waals surface area contributed by atoms with Crippen molar-refractivity contribution in [2.45, 2.75) is 31.3 Å². The fourth-order valence-corrected chi connectivity index (χ4v) is 4.74. The van der Waals surface area contributed by atoms with Crippen LogP contribution in [0.5, 0.6) is 5.75 Å². The van der Waals surface area contributed by atoms with E-state index < -0.39 is 30.8 Å². The zero-order valence-corrected chi connectivity index (χ0v) is 20.1. The minimum atomic E-state index is -2.74. The first-order valence-corrected chi connectivity index (χ1v) is 11.9. The van der Waals surface area contributed by atoms with Crippen LogP contribution in [0.25, 0.3) is 0 Å². The Morgan fingerprint density at radius 1 is 1.06 bits per heavy atom. The number of hydrogen-bond donors (Lipinski definition) is 0. The Morgan fingerprint density at radius 2 is 1.69 bits per heavy atom. The first-order chi connectivity index (χ1) is 17.1. The van der Waals surface area contributed by atoms with Crippen LogP contribution < -0.4 is 14.5 Å². The van der Waals surface area contributed by atoms with Crippen molar-refractivity contribution < 1.29 is 27.9 Å². The maximum atomic E-state index is 13.1. The molecule has 1 aromatic carbocycles. The van der Waals surface area contributed by atoms with Crippen molar-refractivity contribution in [3.63, 3.8) is 0 Å². The summed E-state index contributed by atoms with van der Waals surface area (Å²) in [7, 11) is 3.47. The highest BCUT2D eigenvalue weighted by Crippen LogP contribution is 2.44. The van der Waals surface area contributed by atoms with Crippen LogP contribution in [0.1, 0.15) is 29.6 Å². The van der Waals surface area contributed by atoms with Crippen LogP contribution in [0, 0.1) is 11.8 Å². The number of aromatic nitrogens is 2. The highest BCUT2D eigenvalue weighted by Gasteiger charge is 2.48. The van der Waals surface area contributed by atoms with E-state index in [1.54, 1.807) is 60.6 Å². The molecular weight excluding hydrogens is 472 g/mol. The van der Waals surface area contributed by atoms with E-state index in [0.29, 0.717) is 49.0 Å². The van der Waals surface area contributed by atoms with E-state index in [9.17, 15) is 23.2 Å². The molecular formula is C25H27F2N5O4. The van der Waals surface area contributed by atoms with Crippen LogP contribution in [0.3, 0.4) is 0 Å².